The number of anilines is 2. The molecular formula is C14H16Cl2N4O3S. The molecule has 7 nitrogen and oxygen atoms in total. The van der Waals surface area contributed by atoms with Gasteiger partial charge in [0, 0.05) is 25.2 Å². The van der Waals surface area contributed by atoms with Crippen molar-refractivity contribution in [2.45, 2.75) is 5.03 Å². The van der Waals surface area contributed by atoms with E-state index in [1.165, 1.54) is 10.9 Å². The third kappa shape index (κ3) is 3.46. The molecule has 1 fully saturated rings. The van der Waals surface area contributed by atoms with Crippen LogP contribution in [0.2, 0.25) is 10.2 Å². The SMILES string of the molecule is Cn1cnc(S(=O)(=O)Nc2cc(Cl)ccc2N2CCOCC2)c1Cl. The smallest absolute Gasteiger partial charge is 0.282 e. The first-order valence-corrected chi connectivity index (χ1v) is 9.44. The number of benzene rings is 1. The minimum Gasteiger partial charge on any atom is -0.378 e. The van der Waals surface area contributed by atoms with E-state index in [1.54, 1.807) is 25.2 Å². The molecule has 2 aromatic rings. The Kier molecular flexibility index (Phi) is 4.91. The first kappa shape index (κ1) is 17.3. The van der Waals surface area contributed by atoms with Crippen LogP contribution in [0.3, 0.4) is 0 Å². The van der Waals surface area contributed by atoms with Crippen molar-refractivity contribution in [1.29, 1.82) is 0 Å². The van der Waals surface area contributed by atoms with Gasteiger partial charge in [-0.3, -0.25) is 4.72 Å². The largest absolute Gasteiger partial charge is 0.378 e. The molecule has 0 unspecified atom stereocenters. The maximum atomic E-state index is 12.6. The molecular weight excluding hydrogens is 375 g/mol. The van der Waals surface area contributed by atoms with Crippen molar-refractivity contribution in [2.75, 3.05) is 35.9 Å². The van der Waals surface area contributed by atoms with Crippen LogP contribution in [0, 0.1) is 0 Å². The Bertz CT molecular complexity index is 848. The zero-order valence-electron chi connectivity index (χ0n) is 12.9. The van der Waals surface area contributed by atoms with Gasteiger partial charge in [-0.15, -0.1) is 0 Å². The molecule has 24 heavy (non-hydrogen) atoms. The average molecular weight is 391 g/mol. The summed E-state index contributed by atoms with van der Waals surface area (Å²) < 4.78 is 34.6. The average Bonchev–Trinajstić information content (AvgIpc) is 2.88. The number of sulfonamides is 1. The predicted octanol–water partition coefficient (Wildman–Crippen LogP) is 2.36. The van der Waals surface area contributed by atoms with Crippen LogP contribution in [0.15, 0.2) is 29.6 Å². The van der Waals surface area contributed by atoms with E-state index in [0.717, 1.165) is 5.69 Å². The van der Waals surface area contributed by atoms with Crippen molar-refractivity contribution in [1.82, 2.24) is 9.55 Å². The van der Waals surface area contributed by atoms with Crippen LogP contribution in [0.1, 0.15) is 0 Å². The van der Waals surface area contributed by atoms with Crippen molar-refractivity contribution >= 4 is 44.6 Å². The number of rotatable bonds is 4. The van der Waals surface area contributed by atoms with E-state index in [4.69, 9.17) is 27.9 Å². The number of ether oxygens (including phenoxy) is 1. The third-order valence-electron chi connectivity index (χ3n) is 3.64. The molecule has 10 heteroatoms. The number of hydrogen-bond donors (Lipinski definition) is 1. The van der Waals surface area contributed by atoms with Crippen LogP contribution in [-0.2, 0) is 21.8 Å². The quantitative estimate of drug-likeness (QED) is 0.866. The molecule has 1 aliphatic rings. The van der Waals surface area contributed by atoms with Crippen LogP contribution in [0.25, 0.3) is 0 Å². The Hall–Kier alpha value is -1.48. The van der Waals surface area contributed by atoms with E-state index in [9.17, 15) is 8.42 Å². The summed E-state index contributed by atoms with van der Waals surface area (Å²) in [7, 11) is -2.31. The fourth-order valence-electron chi connectivity index (χ4n) is 2.44. The monoisotopic (exact) mass is 390 g/mol. The summed E-state index contributed by atoms with van der Waals surface area (Å²) in [6, 6.07) is 5.07. The summed E-state index contributed by atoms with van der Waals surface area (Å²) in [4.78, 5) is 5.90. The lowest BCUT2D eigenvalue weighted by Crippen LogP contribution is -2.36. The number of morpholine rings is 1. The molecule has 1 saturated heterocycles. The summed E-state index contributed by atoms with van der Waals surface area (Å²) in [5, 5.41) is 0.244. The van der Waals surface area contributed by atoms with E-state index >= 15 is 0 Å². The number of nitrogens with zero attached hydrogens (tertiary/aromatic N) is 3. The summed E-state index contributed by atoms with van der Waals surface area (Å²) in [6.45, 7) is 2.50. The Labute approximate surface area is 150 Å². The number of imidazole rings is 1. The van der Waals surface area contributed by atoms with Crippen molar-refractivity contribution in [3.63, 3.8) is 0 Å². The first-order valence-electron chi connectivity index (χ1n) is 7.20. The topological polar surface area (TPSA) is 76.5 Å². The summed E-state index contributed by atoms with van der Waals surface area (Å²) >= 11 is 12.0. The molecule has 0 radical (unpaired) electrons. The molecule has 0 saturated carbocycles. The van der Waals surface area contributed by atoms with Crippen molar-refractivity contribution in [3.8, 4) is 0 Å². The lowest BCUT2D eigenvalue weighted by molar-refractivity contribution is 0.123. The van der Waals surface area contributed by atoms with Gasteiger partial charge in [0.05, 0.1) is 30.9 Å². The highest BCUT2D eigenvalue weighted by molar-refractivity contribution is 7.92. The standard InChI is InChI=1S/C14H16Cl2N4O3S/c1-19-9-17-14(13(19)16)24(21,22)18-11-8-10(15)2-3-12(11)20-4-6-23-7-5-20/h2-3,8-9,18H,4-7H2,1H3. The highest BCUT2D eigenvalue weighted by Gasteiger charge is 2.25. The minimum absolute atomic E-state index is 0.0393. The second-order valence-corrected chi connectivity index (χ2v) is 7.71. The number of aromatic nitrogens is 2. The summed E-state index contributed by atoms with van der Waals surface area (Å²) in [5.74, 6) is 0. The van der Waals surface area contributed by atoms with Gasteiger partial charge in [0.1, 0.15) is 5.15 Å². The molecule has 0 spiro atoms. The van der Waals surface area contributed by atoms with E-state index in [0.29, 0.717) is 37.0 Å². The minimum atomic E-state index is -3.93. The van der Waals surface area contributed by atoms with E-state index in [1.807, 2.05) is 4.90 Å². The van der Waals surface area contributed by atoms with Gasteiger partial charge >= 0.3 is 0 Å². The fourth-order valence-corrected chi connectivity index (χ4v) is 4.11. The van der Waals surface area contributed by atoms with Crippen LogP contribution >= 0.6 is 23.2 Å². The lowest BCUT2D eigenvalue weighted by Gasteiger charge is -2.30. The number of halogens is 2. The van der Waals surface area contributed by atoms with E-state index < -0.39 is 10.0 Å². The molecule has 1 aliphatic heterocycles. The number of hydrogen-bond acceptors (Lipinski definition) is 5. The molecule has 1 aromatic carbocycles. The highest BCUT2D eigenvalue weighted by Crippen LogP contribution is 2.32. The Balaban J connectivity index is 1.97. The molecule has 130 valence electrons. The number of aryl methyl sites for hydroxylation is 1. The molecule has 0 amide bonds. The van der Waals surface area contributed by atoms with Crippen molar-refractivity contribution in [2.24, 2.45) is 7.05 Å². The van der Waals surface area contributed by atoms with Crippen molar-refractivity contribution < 1.29 is 13.2 Å². The summed E-state index contributed by atoms with van der Waals surface area (Å²) in [6.07, 6.45) is 1.34. The molecule has 3 rings (SSSR count). The zero-order valence-corrected chi connectivity index (χ0v) is 15.2. The molecule has 1 N–H and O–H groups in total. The molecule has 1 aromatic heterocycles. The van der Waals surface area contributed by atoms with Crippen LogP contribution in [0.4, 0.5) is 11.4 Å². The summed E-state index contributed by atoms with van der Waals surface area (Å²) in [5.41, 5.74) is 1.12. The Morgan fingerprint density at radius 2 is 1.96 bits per heavy atom. The van der Waals surface area contributed by atoms with Gasteiger partial charge in [0.25, 0.3) is 10.0 Å². The van der Waals surface area contributed by atoms with E-state index in [-0.39, 0.29) is 10.2 Å². The van der Waals surface area contributed by atoms with Crippen LogP contribution in [-0.4, -0.2) is 44.3 Å². The van der Waals surface area contributed by atoms with Gasteiger partial charge in [-0.05, 0) is 18.2 Å². The molecule has 0 atom stereocenters. The molecule has 0 aliphatic carbocycles. The predicted molar refractivity (Wildman–Crippen MR) is 93.5 cm³/mol. The van der Waals surface area contributed by atoms with Crippen LogP contribution in [0.5, 0.6) is 0 Å². The van der Waals surface area contributed by atoms with Gasteiger partial charge in [-0.1, -0.05) is 23.2 Å². The van der Waals surface area contributed by atoms with Gasteiger partial charge in [-0.25, -0.2) is 4.98 Å². The Morgan fingerprint density at radius 3 is 2.58 bits per heavy atom. The first-order chi connectivity index (χ1) is 11.4. The normalized spacial score (nSPS) is 15.5. The van der Waals surface area contributed by atoms with Gasteiger partial charge in [0.15, 0.2) is 0 Å². The second kappa shape index (κ2) is 6.79. The van der Waals surface area contributed by atoms with Gasteiger partial charge < -0.3 is 14.2 Å². The molecule has 0 bridgehead atoms. The maximum absolute atomic E-state index is 12.6. The second-order valence-electron chi connectivity index (χ2n) is 5.32. The zero-order chi connectivity index (χ0) is 17.3. The highest BCUT2D eigenvalue weighted by atomic mass is 35.5. The lowest BCUT2D eigenvalue weighted by atomic mass is 10.2. The van der Waals surface area contributed by atoms with E-state index in [2.05, 4.69) is 9.71 Å². The Morgan fingerprint density at radius 1 is 1.25 bits per heavy atom. The van der Waals surface area contributed by atoms with Crippen LogP contribution < -0.4 is 9.62 Å². The number of nitrogens with one attached hydrogen (secondary N) is 1. The van der Waals surface area contributed by atoms with Crippen molar-refractivity contribution in [3.05, 3.63) is 34.7 Å². The van der Waals surface area contributed by atoms with Gasteiger partial charge in [-0.2, -0.15) is 8.42 Å². The molecule has 2 heterocycles. The maximum Gasteiger partial charge on any atom is 0.282 e. The van der Waals surface area contributed by atoms with Gasteiger partial charge in [0.2, 0.25) is 5.03 Å². The fraction of sp³-hybridized carbons (Fsp3) is 0.357. The third-order valence-corrected chi connectivity index (χ3v) is 5.73.